The maximum Gasteiger partial charge on any atom is 0.408 e. The van der Waals surface area contributed by atoms with E-state index in [-0.39, 0.29) is 24.3 Å². The van der Waals surface area contributed by atoms with Gasteiger partial charge in [-0.2, -0.15) is 0 Å². The average Bonchev–Trinajstić information content (AvgIpc) is 2.94. The van der Waals surface area contributed by atoms with Crippen molar-refractivity contribution in [2.75, 3.05) is 0 Å². The number of ether oxygens (including phenoxy) is 1. The molecule has 0 aliphatic carbocycles. The van der Waals surface area contributed by atoms with Gasteiger partial charge in [0, 0.05) is 19.0 Å². The molecule has 2 N–H and O–H groups in total. The maximum absolute atomic E-state index is 14.4. The van der Waals surface area contributed by atoms with Crippen molar-refractivity contribution in [1.29, 1.82) is 0 Å². The molecule has 0 spiro atoms. The van der Waals surface area contributed by atoms with Crippen LogP contribution in [0.3, 0.4) is 0 Å². The molecule has 0 bridgehead atoms. The number of nitrogens with one attached hydrogen (secondary N) is 2. The van der Waals surface area contributed by atoms with Gasteiger partial charge in [-0.25, -0.2) is 4.79 Å². The largest absolute Gasteiger partial charge is 0.444 e. The Morgan fingerprint density at radius 2 is 1.35 bits per heavy atom. The van der Waals surface area contributed by atoms with Crippen LogP contribution in [0.15, 0.2) is 91.0 Å². The molecule has 0 fully saturated rings. The smallest absolute Gasteiger partial charge is 0.408 e. The first-order valence-electron chi connectivity index (χ1n) is 13.8. The lowest BCUT2D eigenvalue weighted by atomic mass is 9.98. The molecule has 0 aliphatic rings. The summed E-state index contributed by atoms with van der Waals surface area (Å²) in [6, 6.07) is 26.3. The number of carbonyl (C=O) groups is 3. The molecule has 0 heterocycles. The third-order valence-corrected chi connectivity index (χ3v) is 6.54. The van der Waals surface area contributed by atoms with Crippen LogP contribution < -0.4 is 10.6 Å². The van der Waals surface area contributed by atoms with E-state index in [0.29, 0.717) is 18.5 Å². The first kappa shape index (κ1) is 30.4. The van der Waals surface area contributed by atoms with Crippen molar-refractivity contribution in [1.82, 2.24) is 15.5 Å². The Morgan fingerprint density at radius 3 is 1.88 bits per heavy atom. The standard InChI is InChI=1S/C33H41N3O4/c1-6-24(2)36(29(27-20-14-9-15-21-27)30(37)34-23-26-18-12-8-13-19-26)31(38)28(22-25-16-10-7-11-17-25)35-32(39)40-33(3,4)5/h7-21,24,28-29H,6,22-23H2,1-5H3,(H,34,37)(H,35,39). The minimum Gasteiger partial charge on any atom is -0.444 e. The lowest BCUT2D eigenvalue weighted by Gasteiger charge is -2.38. The minimum atomic E-state index is -0.945. The van der Waals surface area contributed by atoms with E-state index >= 15 is 0 Å². The highest BCUT2D eigenvalue weighted by Crippen LogP contribution is 2.27. The van der Waals surface area contributed by atoms with Gasteiger partial charge in [-0.05, 0) is 50.8 Å². The molecule has 7 nitrogen and oxygen atoms in total. The van der Waals surface area contributed by atoms with E-state index in [4.69, 9.17) is 4.74 Å². The molecule has 40 heavy (non-hydrogen) atoms. The second-order valence-electron chi connectivity index (χ2n) is 10.9. The summed E-state index contributed by atoms with van der Waals surface area (Å²) in [4.78, 5) is 42.8. The van der Waals surface area contributed by atoms with Crippen LogP contribution in [0.5, 0.6) is 0 Å². The van der Waals surface area contributed by atoms with Crippen molar-refractivity contribution in [3.8, 4) is 0 Å². The van der Waals surface area contributed by atoms with Gasteiger partial charge in [-0.1, -0.05) is 97.9 Å². The number of benzene rings is 3. The van der Waals surface area contributed by atoms with Gasteiger partial charge < -0.3 is 20.3 Å². The van der Waals surface area contributed by atoms with Crippen molar-refractivity contribution >= 4 is 17.9 Å². The van der Waals surface area contributed by atoms with Crippen LogP contribution >= 0.6 is 0 Å². The monoisotopic (exact) mass is 543 g/mol. The molecule has 212 valence electrons. The Labute approximate surface area is 237 Å². The maximum atomic E-state index is 14.4. The number of hydrogen-bond acceptors (Lipinski definition) is 4. The predicted molar refractivity (Wildman–Crippen MR) is 157 cm³/mol. The number of nitrogens with zero attached hydrogens (tertiary/aromatic N) is 1. The fourth-order valence-electron chi connectivity index (χ4n) is 4.43. The highest BCUT2D eigenvalue weighted by atomic mass is 16.6. The first-order chi connectivity index (χ1) is 19.1. The van der Waals surface area contributed by atoms with Gasteiger partial charge in [0.1, 0.15) is 17.7 Å². The first-order valence-corrected chi connectivity index (χ1v) is 13.8. The minimum absolute atomic E-state index is 0.249. The second-order valence-corrected chi connectivity index (χ2v) is 10.9. The summed E-state index contributed by atoms with van der Waals surface area (Å²) < 4.78 is 5.50. The third kappa shape index (κ3) is 8.97. The summed E-state index contributed by atoms with van der Waals surface area (Å²) in [7, 11) is 0. The molecule has 0 aromatic heterocycles. The zero-order chi connectivity index (χ0) is 29.1. The van der Waals surface area contributed by atoms with Crippen LogP contribution in [-0.2, 0) is 27.3 Å². The highest BCUT2D eigenvalue weighted by molar-refractivity contribution is 5.92. The molecule has 0 aliphatic heterocycles. The topological polar surface area (TPSA) is 87.7 Å². The predicted octanol–water partition coefficient (Wildman–Crippen LogP) is 5.81. The molecular formula is C33H41N3O4. The molecule has 3 amide bonds. The van der Waals surface area contributed by atoms with E-state index in [1.165, 1.54) is 0 Å². The van der Waals surface area contributed by atoms with Gasteiger partial charge >= 0.3 is 6.09 Å². The molecule has 0 saturated heterocycles. The van der Waals surface area contributed by atoms with Gasteiger partial charge in [0.15, 0.2) is 0 Å². The van der Waals surface area contributed by atoms with Crippen LogP contribution in [0, 0.1) is 0 Å². The SMILES string of the molecule is CCC(C)N(C(=O)C(Cc1ccccc1)NC(=O)OC(C)(C)C)C(C(=O)NCc1ccccc1)c1ccccc1. The zero-order valence-corrected chi connectivity index (χ0v) is 24.1. The number of carbonyl (C=O) groups excluding carboxylic acids is 3. The second kappa shape index (κ2) is 14.3. The molecule has 3 atom stereocenters. The Hall–Kier alpha value is -4.13. The summed E-state index contributed by atoms with van der Waals surface area (Å²) in [6.07, 6.45) is 0.181. The van der Waals surface area contributed by atoms with E-state index in [9.17, 15) is 14.4 Å². The van der Waals surface area contributed by atoms with Gasteiger partial charge in [0.2, 0.25) is 11.8 Å². The van der Waals surface area contributed by atoms with Crippen LogP contribution in [-0.4, -0.2) is 40.5 Å². The molecule has 3 aromatic carbocycles. The molecule has 0 radical (unpaired) electrons. The number of alkyl carbamates (subject to hydrolysis) is 1. The van der Waals surface area contributed by atoms with Gasteiger partial charge in [-0.3, -0.25) is 9.59 Å². The quantitative estimate of drug-likeness (QED) is 0.320. The van der Waals surface area contributed by atoms with Gasteiger partial charge in [0.05, 0.1) is 0 Å². The van der Waals surface area contributed by atoms with Crippen molar-refractivity contribution in [3.05, 3.63) is 108 Å². The van der Waals surface area contributed by atoms with Gasteiger partial charge in [-0.15, -0.1) is 0 Å². The lowest BCUT2D eigenvalue weighted by molar-refractivity contribution is -0.145. The van der Waals surface area contributed by atoms with Crippen LogP contribution in [0.4, 0.5) is 4.79 Å². The summed E-state index contributed by atoms with van der Waals surface area (Å²) in [6.45, 7) is 9.54. The Balaban J connectivity index is 1.99. The third-order valence-electron chi connectivity index (χ3n) is 6.54. The lowest BCUT2D eigenvalue weighted by Crippen LogP contribution is -2.56. The normalized spacial score (nSPS) is 13.4. The van der Waals surface area contributed by atoms with E-state index in [2.05, 4.69) is 10.6 Å². The summed E-state index contributed by atoms with van der Waals surface area (Å²) in [5.41, 5.74) is 1.80. The molecule has 3 rings (SSSR count). The van der Waals surface area contributed by atoms with Crippen molar-refractivity contribution < 1.29 is 19.1 Å². The zero-order valence-electron chi connectivity index (χ0n) is 24.1. The summed E-state index contributed by atoms with van der Waals surface area (Å²) in [5, 5.41) is 5.83. The van der Waals surface area contributed by atoms with E-state index < -0.39 is 23.8 Å². The highest BCUT2D eigenvalue weighted by Gasteiger charge is 2.38. The molecule has 7 heteroatoms. The molecule has 3 aromatic rings. The van der Waals surface area contributed by atoms with E-state index in [0.717, 1.165) is 11.1 Å². The molecule has 0 saturated carbocycles. The van der Waals surface area contributed by atoms with E-state index in [1.807, 2.05) is 105 Å². The van der Waals surface area contributed by atoms with Crippen LogP contribution in [0.1, 0.15) is 63.8 Å². The van der Waals surface area contributed by atoms with Crippen molar-refractivity contribution in [3.63, 3.8) is 0 Å². The number of amides is 3. The molecular weight excluding hydrogens is 502 g/mol. The fraction of sp³-hybridized carbons (Fsp3) is 0.364. The fourth-order valence-corrected chi connectivity index (χ4v) is 4.43. The Kier molecular flexibility index (Phi) is 10.9. The summed E-state index contributed by atoms with van der Waals surface area (Å²) in [5.74, 6) is -0.646. The van der Waals surface area contributed by atoms with E-state index in [1.54, 1.807) is 25.7 Å². The Bertz CT molecular complexity index is 1230. The average molecular weight is 544 g/mol. The summed E-state index contributed by atoms with van der Waals surface area (Å²) >= 11 is 0. The van der Waals surface area contributed by atoms with Gasteiger partial charge in [0.25, 0.3) is 0 Å². The van der Waals surface area contributed by atoms with Crippen molar-refractivity contribution in [2.45, 2.75) is 77.7 Å². The Morgan fingerprint density at radius 1 is 0.825 bits per heavy atom. The van der Waals surface area contributed by atoms with Crippen LogP contribution in [0.25, 0.3) is 0 Å². The van der Waals surface area contributed by atoms with Crippen molar-refractivity contribution in [2.24, 2.45) is 0 Å². The number of hydrogen-bond donors (Lipinski definition) is 2. The van der Waals surface area contributed by atoms with Crippen LogP contribution in [0.2, 0.25) is 0 Å². The number of rotatable bonds is 11. The molecule has 3 unspecified atom stereocenters.